The van der Waals surface area contributed by atoms with Crippen molar-refractivity contribution in [2.24, 2.45) is 0 Å². The average Bonchev–Trinajstić information content (AvgIpc) is 3.28. The van der Waals surface area contributed by atoms with E-state index in [0.29, 0.717) is 16.4 Å². The van der Waals surface area contributed by atoms with Gasteiger partial charge in [-0.2, -0.15) is 0 Å². The predicted molar refractivity (Wildman–Crippen MR) is 95.1 cm³/mol. The van der Waals surface area contributed by atoms with Crippen molar-refractivity contribution in [3.05, 3.63) is 77.6 Å². The number of benzene rings is 2. The van der Waals surface area contributed by atoms with Gasteiger partial charge >= 0.3 is 5.97 Å². The number of hydroxylamine groups is 2. The molecule has 7 heteroatoms. The summed E-state index contributed by atoms with van der Waals surface area (Å²) in [7, 11) is 1.55. The number of ether oxygens (including phenoxy) is 1. The van der Waals surface area contributed by atoms with Crippen LogP contribution in [0.1, 0.15) is 31.1 Å². The van der Waals surface area contributed by atoms with Crippen molar-refractivity contribution >= 4 is 17.8 Å². The predicted octanol–water partition coefficient (Wildman–Crippen LogP) is 3.06. The maximum absolute atomic E-state index is 12.6. The van der Waals surface area contributed by atoms with E-state index in [2.05, 4.69) is 4.98 Å². The molecule has 0 radical (unpaired) electrons. The van der Waals surface area contributed by atoms with Gasteiger partial charge in [-0.25, -0.2) is 4.79 Å². The van der Waals surface area contributed by atoms with Crippen LogP contribution in [0.25, 0.3) is 11.1 Å². The molecule has 0 atom stereocenters. The largest absolute Gasteiger partial charge is 0.497 e. The van der Waals surface area contributed by atoms with Crippen LogP contribution in [0.3, 0.4) is 0 Å². The molecule has 4 rings (SSSR count). The van der Waals surface area contributed by atoms with Crippen molar-refractivity contribution in [2.75, 3.05) is 7.11 Å². The van der Waals surface area contributed by atoms with E-state index in [4.69, 9.17) is 9.57 Å². The van der Waals surface area contributed by atoms with Gasteiger partial charge in [-0.3, -0.25) is 9.59 Å². The number of carbonyl (C=O) groups is 3. The zero-order valence-electron chi connectivity index (χ0n) is 14.3. The number of amides is 2. The molecule has 0 spiro atoms. The van der Waals surface area contributed by atoms with E-state index in [-0.39, 0.29) is 16.7 Å². The highest BCUT2D eigenvalue weighted by molar-refractivity contribution is 6.21. The first kappa shape index (κ1) is 16.6. The van der Waals surface area contributed by atoms with E-state index in [0.717, 1.165) is 5.56 Å². The smallest absolute Gasteiger partial charge is 0.366 e. The second-order valence-electron chi connectivity index (χ2n) is 5.84. The Hall–Kier alpha value is -3.87. The molecule has 1 aliphatic heterocycles. The number of aromatic nitrogens is 1. The van der Waals surface area contributed by atoms with E-state index >= 15 is 0 Å². The molecular weight excluding hydrogens is 348 g/mol. The average molecular weight is 362 g/mol. The Labute approximate surface area is 154 Å². The number of imide groups is 1. The lowest BCUT2D eigenvalue weighted by Crippen LogP contribution is -2.32. The summed E-state index contributed by atoms with van der Waals surface area (Å²) in [4.78, 5) is 45.3. The summed E-state index contributed by atoms with van der Waals surface area (Å²) in [6.45, 7) is 0. The van der Waals surface area contributed by atoms with Gasteiger partial charge in [0, 0.05) is 18.0 Å². The van der Waals surface area contributed by atoms with Crippen LogP contribution in [-0.2, 0) is 4.84 Å². The Morgan fingerprint density at radius 1 is 0.926 bits per heavy atom. The summed E-state index contributed by atoms with van der Waals surface area (Å²) in [5.74, 6) is -1.51. The fourth-order valence-corrected chi connectivity index (χ4v) is 2.94. The molecule has 0 saturated carbocycles. The van der Waals surface area contributed by atoms with Crippen LogP contribution in [-0.4, -0.2) is 34.9 Å². The summed E-state index contributed by atoms with van der Waals surface area (Å²) in [5, 5.41) is 0.495. The SMILES string of the molecule is COc1cccc(-c2c[nH]cc2C(=O)ON2C(=O)c3ccccc3C2=O)c1. The van der Waals surface area contributed by atoms with Gasteiger partial charge in [0.1, 0.15) is 5.75 Å². The number of hydrogen-bond donors (Lipinski definition) is 1. The first-order valence-electron chi connectivity index (χ1n) is 8.11. The molecule has 0 bridgehead atoms. The molecule has 2 aromatic carbocycles. The maximum Gasteiger partial charge on any atom is 0.366 e. The zero-order chi connectivity index (χ0) is 19.0. The first-order valence-corrected chi connectivity index (χ1v) is 8.11. The fourth-order valence-electron chi connectivity index (χ4n) is 2.94. The van der Waals surface area contributed by atoms with E-state index in [1.165, 1.54) is 18.3 Å². The quantitative estimate of drug-likeness (QED) is 0.721. The molecule has 0 unspecified atom stereocenters. The third kappa shape index (κ3) is 2.75. The number of carbonyl (C=O) groups excluding carboxylic acids is 3. The van der Waals surface area contributed by atoms with Crippen molar-refractivity contribution in [1.29, 1.82) is 0 Å². The molecule has 2 heterocycles. The molecule has 0 fully saturated rings. The number of nitrogens with zero attached hydrogens (tertiary/aromatic N) is 1. The Morgan fingerprint density at radius 2 is 1.63 bits per heavy atom. The van der Waals surface area contributed by atoms with Gasteiger partial charge in [0.15, 0.2) is 0 Å². The summed E-state index contributed by atoms with van der Waals surface area (Å²) in [6.07, 6.45) is 3.09. The first-order chi connectivity index (χ1) is 13.1. The number of rotatable bonds is 4. The number of aromatic amines is 1. The molecule has 7 nitrogen and oxygen atoms in total. The minimum atomic E-state index is -0.816. The molecule has 0 saturated heterocycles. The monoisotopic (exact) mass is 362 g/mol. The number of H-pyrrole nitrogens is 1. The summed E-state index contributed by atoms with van der Waals surface area (Å²) < 4.78 is 5.20. The molecule has 1 N–H and O–H groups in total. The Bertz CT molecular complexity index is 1030. The topological polar surface area (TPSA) is 88.7 Å². The van der Waals surface area contributed by atoms with E-state index in [9.17, 15) is 14.4 Å². The Kier molecular flexibility index (Phi) is 3.97. The number of methoxy groups -OCH3 is 1. The minimum absolute atomic E-state index is 0.194. The molecule has 2 amide bonds. The molecule has 0 aliphatic carbocycles. The standard InChI is InChI=1S/C20H14N2O5/c1-26-13-6-4-5-12(9-13)16-10-21-11-17(16)20(25)27-22-18(23)14-7-2-3-8-15(14)19(22)24/h2-11,21H,1H3. The molecule has 27 heavy (non-hydrogen) atoms. The highest BCUT2D eigenvalue weighted by atomic mass is 16.7. The lowest BCUT2D eigenvalue weighted by atomic mass is 10.0. The van der Waals surface area contributed by atoms with Crippen molar-refractivity contribution in [1.82, 2.24) is 10.0 Å². The highest BCUT2D eigenvalue weighted by Gasteiger charge is 2.39. The van der Waals surface area contributed by atoms with Crippen LogP contribution in [0.15, 0.2) is 60.9 Å². The summed E-state index contributed by atoms with van der Waals surface area (Å²) in [5.41, 5.74) is 1.90. The number of nitrogens with one attached hydrogen (secondary N) is 1. The molecule has 1 aliphatic rings. The van der Waals surface area contributed by atoms with E-state index < -0.39 is 17.8 Å². The normalized spacial score (nSPS) is 12.9. The third-order valence-electron chi connectivity index (χ3n) is 4.28. The second kappa shape index (κ2) is 6.45. The van der Waals surface area contributed by atoms with Crippen LogP contribution in [0.5, 0.6) is 5.75 Å². The Morgan fingerprint density at radius 3 is 2.30 bits per heavy atom. The van der Waals surface area contributed by atoms with Crippen molar-refractivity contribution in [3.8, 4) is 16.9 Å². The van der Waals surface area contributed by atoms with Crippen LogP contribution in [0, 0.1) is 0 Å². The van der Waals surface area contributed by atoms with E-state index in [1.807, 2.05) is 6.07 Å². The lowest BCUT2D eigenvalue weighted by Gasteiger charge is -2.13. The molecule has 134 valence electrons. The maximum atomic E-state index is 12.6. The number of hydrogen-bond acceptors (Lipinski definition) is 5. The zero-order valence-corrected chi connectivity index (χ0v) is 14.3. The second-order valence-corrected chi connectivity index (χ2v) is 5.84. The van der Waals surface area contributed by atoms with Gasteiger partial charge in [-0.1, -0.05) is 29.3 Å². The van der Waals surface area contributed by atoms with Gasteiger partial charge in [-0.15, -0.1) is 0 Å². The van der Waals surface area contributed by atoms with Crippen LogP contribution < -0.4 is 4.74 Å². The van der Waals surface area contributed by atoms with Gasteiger partial charge < -0.3 is 14.6 Å². The minimum Gasteiger partial charge on any atom is -0.497 e. The van der Waals surface area contributed by atoms with Crippen molar-refractivity contribution in [3.63, 3.8) is 0 Å². The fraction of sp³-hybridized carbons (Fsp3) is 0.0500. The Balaban J connectivity index is 1.61. The van der Waals surface area contributed by atoms with Crippen molar-refractivity contribution in [2.45, 2.75) is 0 Å². The third-order valence-corrected chi connectivity index (χ3v) is 4.28. The summed E-state index contributed by atoms with van der Waals surface area (Å²) in [6, 6.07) is 13.5. The van der Waals surface area contributed by atoms with Crippen LogP contribution in [0.2, 0.25) is 0 Å². The molecular formula is C20H14N2O5. The van der Waals surface area contributed by atoms with Gasteiger partial charge in [-0.05, 0) is 29.8 Å². The van der Waals surface area contributed by atoms with Gasteiger partial charge in [0.2, 0.25) is 0 Å². The van der Waals surface area contributed by atoms with Gasteiger partial charge in [0.05, 0.1) is 23.8 Å². The lowest BCUT2D eigenvalue weighted by molar-refractivity contribution is -0.0583. The highest BCUT2D eigenvalue weighted by Crippen LogP contribution is 2.29. The summed E-state index contributed by atoms with van der Waals surface area (Å²) >= 11 is 0. The van der Waals surface area contributed by atoms with Crippen LogP contribution in [0.4, 0.5) is 0 Å². The number of fused-ring (bicyclic) bond motifs is 1. The van der Waals surface area contributed by atoms with E-state index in [1.54, 1.807) is 43.6 Å². The molecule has 1 aromatic heterocycles. The molecule has 3 aromatic rings. The van der Waals surface area contributed by atoms with Crippen molar-refractivity contribution < 1.29 is 24.0 Å². The van der Waals surface area contributed by atoms with Crippen LogP contribution >= 0.6 is 0 Å². The van der Waals surface area contributed by atoms with Gasteiger partial charge in [0.25, 0.3) is 11.8 Å².